The zero-order valence-corrected chi connectivity index (χ0v) is 17.6. The van der Waals surface area contributed by atoms with Crippen molar-refractivity contribution < 1.29 is 13.6 Å². The Balaban J connectivity index is 1.44. The molecule has 0 unspecified atom stereocenters. The number of nitrogens with zero attached hydrogens (tertiary/aromatic N) is 4. The second-order valence-electron chi connectivity index (χ2n) is 7.06. The molecule has 1 aliphatic heterocycles. The van der Waals surface area contributed by atoms with Crippen molar-refractivity contribution >= 4 is 45.9 Å². The number of rotatable bonds is 5. The van der Waals surface area contributed by atoms with Crippen molar-refractivity contribution in [2.24, 2.45) is 11.0 Å². The first kappa shape index (κ1) is 19.1. The van der Waals surface area contributed by atoms with Crippen LogP contribution in [-0.4, -0.2) is 32.6 Å². The predicted octanol–water partition coefficient (Wildman–Crippen LogP) is 4.22. The minimum Gasteiger partial charge on any atom is -0.467 e. The molecule has 0 spiro atoms. The molecule has 3 aromatic heterocycles. The molecule has 4 heterocycles. The molecule has 1 amide bonds. The van der Waals surface area contributed by atoms with E-state index in [1.807, 2.05) is 30.3 Å². The van der Waals surface area contributed by atoms with Gasteiger partial charge in [-0.2, -0.15) is 5.10 Å². The van der Waals surface area contributed by atoms with Gasteiger partial charge in [-0.15, -0.1) is 10.2 Å². The molecule has 5 rings (SSSR count). The predicted molar refractivity (Wildman–Crippen MR) is 115 cm³/mol. The number of hydrogen-bond acceptors (Lipinski definition) is 9. The Morgan fingerprint density at radius 1 is 1.30 bits per heavy atom. The molecule has 30 heavy (non-hydrogen) atoms. The highest BCUT2D eigenvalue weighted by Gasteiger charge is 2.45. The van der Waals surface area contributed by atoms with E-state index in [-0.39, 0.29) is 23.6 Å². The van der Waals surface area contributed by atoms with E-state index in [1.165, 1.54) is 23.1 Å². The van der Waals surface area contributed by atoms with Gasteiger partial charge in [0.15, 0.2) is 4.34 Å². The van der Waals surface area contributed by atoms with Gasteiger partial charge < -0.3 is 14.6 Å². The number of carbonyl (C=O) groups excluding carboxylic acids is 1. The topological polar surface area (TPSA) is 111 Å². The Bertz CT molecular complexity index is 1090. The molecule has 1 saturated carbocycles. The van der Waals surface area contributed by atoms with Crippen LogP contribution in [0.1, 0.15) is 36.8 Å². The van der Waals surface area contributed by atoms with Gasteiger partial charge in [0, 0.05) is 5.92 Å². The first-order valence-electron chi connectivity index (χ1n) is 9.59. The number of hydrazone groups is 1. The number of allylic oxidation sites excluding steroid dienone is 1. The highest BCUT2D eigenvalue weighted by molar-refractivity contribution is 8.01. The summed E-state index contributed by atoms with van der Waals surface area (Å²) in [5.41, 5.74) is 7.68. The van der Waals surface area contributed by atoms with Gasteiger partial charge in [0.1, 0.15) is 17.6 Å². The van der Waals surface area contributed by atoms with Gasteiger partial charge in [-0.05, 0) is 55.2 Å². The lowest BCUT2D eigenvalue weighted by Crippen LogP contribution is -2.32. The third-order valence-electron chi connectivity index (χ3n) is 5.19. The normalized spacial score (nSPS) is 22.3. The molecule has 154 valence electrons. The number of hydrogen-bond donors (Lipinski definition) is 1. The molecule has 2 aliphatic rings. The maximum absolute atomic E-state index is 13.1. The van der Waals surface area contributed by atoms with Crippen LogP contribution in [0.3, 0.4) is 0 Å². The Kier molecular flexibility index (Phi) is 5.17. The fourth-order valence-electron chi connectivity index (χ4n) is 3.96. The van der Waals surface area contributed by atoms with Crippen molar-refractivity contribution in [2.45, 2.75) is 29.6 Å². The molecular weight excluding hydrogens is 422 g/mol. The molecule has 2 N–H and O–H groups in total. The Morgan fingerprint density at radius 3 is 2.90 bits per heavy atom. The molecular formula is C20H19N5O3S2. The molecule has 0 aromatic carbocycles. The average Bonchev–Trinajstić information content (AvgIpc) is 3.52. The van der Waals surface area contributed by atoms with E-state index in [0.29, 0.717) is 9.47 Å². The number of fused-ring (bicyclic) bond motifs is 1. The minimum atomic E-state index is -0.247. The van der Waals surface area contributed by atoms with E-state index < -0.39 is 0 Å². The van der Waals surface area contributed by atoms with Crippen LogP contribution in [0, 0.1) is 5.92 Å². The van der Waals surface area contributed by atoms with Crippen LogP contribution in [-0.2, 0) is 4.79 Å². The minimum absolute atomic E-state index is 0.0947. The lowest BCUT2D eigenvalue weighted by atomic mass is 9.79. The summed E-state index contributed by atoms with van der Waals surface area (Å²) in [6.07, 6.45) is 8.19. The summed E-state index contributed by atoms with van der Waals surface area (Å²) >= 11 is 2.58. The Hall–Kier alpha value is -2.85. The molecule has 1 aliphatic carbocycles. The summed E-state index contributed by atoms with van der Waals surface area (Å²) < 4.78 is 11.9. The number of anilines is 1. The van der Waals surface area contributed by atoms with Gasteiger partial charge in [-0.3, -0.25) is 4.79 Å². The Labute approximate surface area is 180 Å². The van der Waals surface area contributed by atoms with E-state index in [4.69, 9.17) is 19.7 Å². The maximum Gasteiger partial charge on any atom is 0.253 e. The summed E-state index contributed by atoms with van der Waals surface area (Å²) in [6.45, 7) is 0. The van der Waals surface area contributed by atoms with Gasteiger partial charge >= 0.3 is 0 Å². The van der Waals surface area contributed by atoms with Gasteiger partial charge in [-0.25, -0.2) is 5.01 Å². The second-order valence-corrected chi connectivity index (χ2v) is 9.29. The molecule has 3 aromatic rings. The summed E-state index contributed by atoms with van der Waals surface area (Å²) in [6, 6.07) is 7.29. The number of amides is 1. The molecule has 0 saturated heterocycles. The van der Waals surface area contributed by atoms with Gasteiger partial charge in [0.2, 0.25) is 5.13 Å². The van der Waals surface area contributed by atoms with Crippen molar-refractivity contribution in [3.05, 3.63) is 53.9 Å². The summed E-state index contributed by atoms with van der Waals surface area (Å²) in [7, 11) is 0. The van der Waals surface area contributed by atoms with Crippen LogP contribution in [0.2, 0.25) is 0 Å². The van der Waals surface area contributed by atoms with E-state index >= 15 is 0 Å². The number of thioether (sulfide) groups is 1. The van der Waals surface area contributed by atoms with Gasteiger partial charge in [0.05, 0.1) is 24.0 Å². The van der Waals surface area contributed by atoms with Crippen LogP contribution < -0.4 is 5.73 Å². The first-order valence-corrected chi connectivity index (χ1v) is 11.4. The zero-order chi connectivity index (χ0) is 20.5. The molecule has 0 radical (unpaired) electrons. The van der Waals surface area contributed by atoms with Crippen LogP contribution in [0.4, 0.5) is 5.13 Å². The lowest BCUT2D eigenvalue weighted by molar-refractivity contribution is -0.131. The number of aromatic nitrogens is 2. The number of carbonyl (C=O) groups is 1. The average molecular weight is 442 g/mol. The maximum atomic E-state index is 13.1. The highest BCUT2D eigenvalue weighted by Crippen LogP contribution is 2.44. The fraction of sp³-hybridized carbons (Fsp3) is 0.300. The van der Waals surface area contributed by atoms with E-state index in [0.717, 1.165) is 42.1 Å². The van der Waals surface area contributed by atoms with Crippen LogP contribution in [0.25, 0.3) is 6.08 Å². The van der Waals surface area contributed by atoms with E-state index in [2.05, 4.69) is 10.2 Å². The first-order chi connectivity index (χ1) is 14.7. The van der Waals surface area contributed by atoms with Crippen molar-refractivity contribution in [3.63, 3.8) is 0 Å². The monoisotopic (exact) mass is 441 g/mol. The third-order valence-corrected chi connectivity index (χ3v) is 7.06. The van der Waals surface area contributed by atoms with Crippen molar-refractivity contribution in [2.75, 3.05) is 11.5 Å². The SMILES string of the molecule is Nc1nnc(SCC(=O)N2N=C3/C(=C\c4ccco4)CCC[C@H]3[C@H]2c2ccco2)s1. The van der Waals surface area contributed by atoms with Crippen LogP contribution in [0.5, 0.6) is 0 Å². The largest absolute Gasteiger partial charge is 0.467 e. The zero-order valence-electron chi connectivity index (χ0n) is 15.9. The molecule has 2 atom stereocenters. The summed E-state index contributed by atoms with van der Waals surface area (Å²) in [5.74, 6) is 1.73. The lowest BCUT2D eigenvalue weighted by Gasteiger charge is -2.27. The summed E-state index contributed by atoms with van der Waals surface area (Å²) in [4.78, 5) is 13.1. The van der Waals surface area contributed by atoms with Crippen molar-refractivity contribution in [1.29, 1.82) is 0 Å². The van der Waals surface area contributed by atoms with Crippen molar-refractivity contribution in [1.82, 2.24) is 15.2 Å². The molecule has 0 bridgehead atoms. The number of nitrogen functional groups attached to an aromatic ring is 1. The van der Waals surface area contributed by atoms with E-state index in [9.17, 15) is 4.79 Å². The molecule has 1 fully saturated rings. The standard InChI is InChI=1S/C20H19N5O3S2/c21-19-22-23-20(30-19)29-11-16(26)25-18(15-7-3-9-28-15)14-6-1-4-12(17(14)24-25)10-13-5-2-8-27-13/h2-3,5,7-10,14,18H,1,4,6,11H2,(H2,21,22)/b12-10-/t14-,18+/m1/s1. The highest BCUT2D eigenvalue weighted by atomic mass is 32.2. The molecule has 10 heteroatoms. The fourth-order valence-corrected chi connectivity index (χ4v) is 5.45. The van der Waals surface area contributed by atoms with Gasteiger partial charge in [-0.1, -0.05) is 23.1 Å². The second kappa shape index (κ2) is 8.11. The van der Waals surface area contributed by atoms with Crippen LogP contribution >= 0.6 is 23.1 Å². The van der Waals surface area contributed by atoms with Gasteiger partial charge in [0.25, 0.3) is 5.91 Å². The third kappa shape index (κ3) is 3.68. The summed E-state index contributed by atoms with van der Waals surface area (Å²) in [5, 5.41) is 14.5. The van der Waals surface area contributed by atoms with E-state index in [1.54, 1.807) is 17.5 Å². The van der Waals surface area contributed by atoms with Crippen molar-refractivity contribution in [3.8, 4) is 0 Å². The quantitative estimate of drug-likeness (QED) is 0.590. The molecule has 8 nitrogen and oxygen atoms in total. The smallest absolute Gasteiger partial charge is 0.253 e. The number of furan rings is 2. The van der Waals surface area contributed by atoms with Crippen LogP contribution in [0.15, 0.2) is 60.6 Å². The Morgan fingerprint density at radius 2 is 2.17 bits per heavy atom. The number of nitrogens with two attached hydrogens (primary N) is 1.